The van der Waals surface area contributed by atoms with Crippen molar-refractivity contribution in [3.8, 4) is 0 Å². The molecule has 0 saturated carbocycles. The predicted molar refractivity (Wildman–Crippen MR) is 115 cm³/mol. The molecule has 148 valence electrons. The highest BCUT2D eigenvalue weighted by atomic mass is 16.2. The van der Waals surface area contributed by atoms with Crippen molar-refractivity contribution in [2.45, 2.75) is 6.54 Å². The van der Waals surface area contributed by atoms with Crippen LogP contribution in [-0.2, 0) is 11.3 Å². The smallest absolute Gasteiger partial charge is 0.254 e. The first-order valence-electron chi connectivity index (χ1n) is 9.68. The third-order valence-corrected chi connectivity index (χ3v) is 4.89. The third-order valence-electron chi connectivity index (χ3n) is 4.89. The second-order valence-corrected chi connectivity index (χ2v) is 7.32. The summed E-state index contributed by atoms with van der Waals surface area (Å²) in [5, 5.41) is 4.08. The lowest BCUT2D eigenvalue weighted by atomic mass is 10.2. The molecule has 1 saturated heterocycles. The molecule has 3 rings (SSSR count). The molecule has 0 atom stereocenters. The van der Waals surface area contributed by atoms with Crippen LogP contribution in [0.1, 0.15) is 11.1 Å². The van der Waals surface area contributed by atoms with Gasteiger partial charge in [0.1, 0.15) is 0 Å². The molecule has 0 unspecified atom stereocenters. The molecule has 6 nitrogen and oxygen atoms in total. The molecule has 0 radical (unpaired) electrons. The SMILES string of the molecule is CN(C)c1ccc(/C=N\NC(=O)CN2CCN(Cc3ccccc3)CC2)cc1. The lowest BCUT2D eigenvalue weighted by Crippen LogP contribution is -2.48. The molecule has 0 aliphatic carbocycles. The number of nitrogens with one attached hydrogen (secondary N) is 1. The number of anilines is 1. The minimum Gasteiger partial charge on any atom is -0.378 e. The molecule has 1 aliphatic heterocycles. The first-order chi connectivity index (χ1) is 13.6. The number of hydrazone groups is 1. The summed E-state index contributed by atoms with van der Waals surface area (Å²) >= 11 is 0. The van der Waals surface area contributed by atoms with Crippen LogP contribution in [0.2, 0.25) is 0 Å². The highest BCUT2D eigenvalue weighted by molar-refractivity contribution is 5.83. The fourth-order valence-electron chi connectivity index (χ4n) is 3.22. The van der Waals surface area contributed by atoms with Gasteiger partial charge in [-0.15, -0.1) is 0 Å². The summed E-state index contributed by atoms with van der Waals surface area (Å²) in [6, 6.07) is 18.5. The Labute approximate surface area is 167 Å². The standard InChI is InChI=1S/C22H29N5O/c1-25(2)21-10-8-19(9-11-21)16-23-24-22(28)18-27-14-12-26(13-15-27)17-20-6-4-3-5-7-20/h3-11,16H,12-15,17-18H2,1-2H3,(H,24,28)/b23-16-. The molecule has 6 heteroatoms. The van der Waals surface area contributed by atoms with Crippen LogP contribution < -0.4 is 10.3 Å². The van der Waals surface area contributed by atoms with Gasteiger partial charge in [0.2, 0.25) is 0 Å². The van der Waals surface area contributed by atoms with Crippen molar-refractivity contribution < 1.29 is 4.79 Å². The van der Waals surface area contributed by atoms with E-state index in [-0.39, 0.29) is 5.91 Å². The zero-order valence-electron chi connectivity index (χ0n) is 16.7. The van der Waals surface area contributed by atoms with E-state index in [1.54, 1.807) is 6.21 Å². The number of benzene rings is 2. The van der Waals surface area contributed by atoms with Crippen molar-refractivity contribution in [2.24, 2.45) is 5.10 Å². The maximum absolute atomic E-state index is 12.1. The number of piperazine rings is 1. The number of hydrogen-bond acceptors (Lipinski definition) is 5. The van der Waals surface area contributed by atoms with Crippen molar-refractivity contribution in [3.63, 3.8) is 0 Å². The van der Waals surface area contributed by atoms with Crippen molar-refractivity contribution in [1.29, 1.82) is 0 Å². The number of nitrogens with zero attached hydrogens (tertiary/aromatic N) is 4. The van der Waals surface area contributed by atoms with Crippen LogP contribution in [0.4, 0.5) is 5.69 Å². The first kappa shape index (κ1) is 20.0. The molecule has 1 fully saturated rings. The molecular formula is C22H29N5O. The van der Waals surface area contributed by atoms with Gasteiger partial charge in [0.15, 0.2) is 0 Å². The Hall–Kier alpha value is -2.70. The number of rotatable bonds is 7. The monoisotopic (exact) mass is 379 g/mol. The van der Waals surface area contributed by atoms with E-state index in [9.17, 15) is 4.79 Å². The number of amides is 1. The summed E-state index contributed by atoms with van der Waals surface area (Å²) in [6.45, 7) is 5.10. The minimum absolute atomic E-state index is 0.0716. The maximum atomic E-state index is 12.1. The van der Waals surface area contributed by atoms with Gasteiger partial charge in [-0.05, 0) is 23.3 Å². The van der Waals surface area contributed by atoms with Crippen molar-refractivity contribution in [1.82, 2.24) is 15.2 Å². The number of carbonyl (C=O) groups is 1. The van der Waals surface area contributed by atoms with E-state index in [2.05, 4.69) is 44.6 Å². The second-order valence-electron chi connectivity index (χ2n) is 7.32. The van der Waals surface area contributed by atoms with Crippen LogP contribution in [-0.4, -0.2) is 68.7 Å². The van der Waals surface area contributed by atoms with E-state index in [0.717, 1.165) is 44.0 Å². The van der Waals surface area contributed by atoms with Crippen LogP contribution in [0.15, 0.2) is 59.7 Å². The molecule has 1 heterocycles. The fraction of sp³-hybridized carbons (Fsp3) is 0.364. The Bertz CT molecular complexity index is 765. The number of carbonyl (C=O) groups excluding carboxylic acids is 1. The Morgan fingerprint density at radius 2 is 1.64 bits per heavy atom. The highest BCUT2D eigenvalue weighted by Crippen LogP contribution is 2.11. The van der Waals surface area contributed by atoms with Crippen molar-refractivity contribution in [2.75, 3.05) is 51.7 Å². The molecular weight excluding hydrogens is 350 g/mol. The van der Waals surface area contributed by atoms with Gasteiger partial charge in [-0.25, -0.2) is 5.43 Å². The van der Waals surface area contributed by atoms with Gasteiger partial charge in [0.05, 0.1) is 12.8 Å². The summed E-state index contributed by atoms with van der Waals surface area (Å²) in [7, 11) is 4.01. The van der Waals surface area contributed by atoms with Gasteiger partial charge in [0.25, 0.3) is 5.91 Å². The summed E-state index contributed by atoms with van der Waals surface area (Å²) in [6.07, 6.45) is 1.68. The molecule has 28 heavy (non-hydrogen) atoms. The van der Waals surface area contributed by atoms with Crippen LogP contribution in [0, 0.1) is 0 Å². The summed E-state index contributed by atoms with van der Waals surface area (Å²) in [5.74, 6) is -0.0716. The molecule has 1 aliphatic rings. The van der Waals surface area contributed by atoms with E-state index >= 15 is 0 Å². The topological polar surface area (TPSA) is 51.2 Å². The van der Waals surface area contributed by atoms with Crippen LogP contribution in [0.5, 0.6) is 0 Å². The summed E-state index contributed by atoms with van der Waals surface area (Å²) in [5.41, 5.74) is 6.06. The van der Waals surface area contributed by atoms with Gasteiger partial charge in [-0.3, -0.25) is 14.6 Å². The van der Waals surface area contributed by atoms with Crippen LogP contribution in [0.3, 0.4) is 0 Å². The van der Waals surface area contributed by atoms with Gasteiger partial charge in [-0.2, -0.15) is 5.10 Å². The van der Waals surface area contributed by atoms with E-state index in [4.69, 9.17) is 0 Å². The van der Waals surface area contributed by atoms with Crippen LogP contribution in [0.25, 0.3) is 0 Å². The molecule has 0 aromatic heterocycles. The predicted octanol–water partition coefficient (Wildman–Crippen LogP) is 2.02. The lowest BCUT2D eigenvalue weighted by Gasteiger charge is -2.34. The average Bonchev–Trinajstić information content (AvgIpc) is 2.71. The van der Waals surface area contributed by atoms with Crippen LogP contribution >= 0.6 is 0 Å². The van der Waals surface area contributed by atoms with Gasteiger partial charge in [-0.1, -0.05) is 42.5 Å². The molecule has 2 aromatic rings. The Morgan fingerprint density at radius 1 is 1.00 bits per heavy atom. The molecule has 1 N–H and O–H groups in total. The third kappa shape index (κ3) is 6.18. The average molecular weight is 380 g/mol. The lowest BCUT2D eigenvalue weighted by molar-refractivity contribution is -0.122. The van der Waals surface area contributed by atoms with E-state index in [0.29, 0.717) is 6.54 Å². The minimum atomic E-state index is -0.0716. The largest absolute Gasteiger partial charge is 0.378 e. The fourth-order valence-corrected chi connectivity index (χ4v) is 3.22. The zero-order valence-corrected chi connectivity index (χ0v) is 16.7. The van der Waals surface area contributed by atoms with Crippen molar-refractivity contribution in [3.05, 3.63) is 65.7 Å². The zero-order chi connectivity index (χ0) is 19.8. The van der Waals surface area contributed by atoms with E-state index in [1.165, 1.54) is 5.56 Å². The van der Waals surface area contributed by atoms with Gasteiger partial charge in [0, 0.05) is 52.5 Å². The summed E-state index contributed by atoms with van der Waals surface area (Å²) < 4.78 is 0. The second kappa shape index (κ2) is 10.0. The van der Waals surface area contributed by atoms with Gasteiger partial charge >= 0.3 is 0 Å². The molecule has 1 amide bonds. The Morgan fingerprint density at radius 3 is 2.29 bits per heavy atom. The summed E-state index contributed by atoms with van der Waals surface area (Å²) in [4.78, 5) is 18.8. The quantitative estimate of drug-likeness (QED) is 0.591. The van der Waals surface area contributed by atoms with Gasteiger partial charge < -0.3 is 4.90 Å². The molecule has 2 aromatic carbocycles. The number of hydrogen-bond donors (Lipinski definition) is 1. The normalized spacial score (nSPS) is 15.6. The Balaban J connectivity index is 1.37. The van der Waals surface area contributed by atoms with E-state index in [1.807, 2.05) is 49.3 Å². The first-order valence-corrected chi connectivity index (χ1v) is 9.68. The molecule has 0 bridgehead atoms. The maximum Gasteiger partial charge on any atom is 0.254 e. The van der Waals surface area contributed by atoms with E-state index < -0.39 is 0 Å². The highest BCUT2D eigenvalue weighted by Gasteiger charge is 2.18. The van der Waals surface area contributed by atoms with Crippen molar-refractivity contribution >= 4 is 17.8 Å². The molecule has 0 spiro atoms. The Kier molecular flexibility index (Phi) is 7.17.